The first kappa shape index (κ1) is 17.2. The van der Waals surface area contributed by atoms with Crippen LogP contribution in [0.25, 0.3) is 0 Å². The predicted molar refractivity (Wildman–Crippen MR) is 99.3 cm³/mol. The highest BCUT2D eigenvalue weighted by atomic mass is 32.2. The highest BCUT2D eigenvalue weighted by molar-refractivity contribution is 7.89. The summed E-state index contributed by atoms with van der Waals surface area (Å²) in [5, 5.41) is 0. The molecular formula is C20H22N2O3S. The van der Waals surface area contributed by atoms with Gasteiger partial charge in [0, 0.05) is 31.7 Å². The van der Waals surface area contributed by atoms with Crippen LogP contribution < -0.4 is 0 Å². The van der Waals surface area contributed by atoms with Crippen LogP contribution in [0.4, 0.5) is 0 Å². The molecule has 0 atom stereocenters. The van der Waals surface area contributed by atoms with Crippen LogP contribution in [0, 0.1) is 0 Å². The third-order valence-corrected chi connectivity index (χ3v) is 7.13. The van der Waals surface area contributed by atoms with Crippen molar-refractivity contribution < 1.29 is 13.2 Å². The minimum atomic E-state index is -3.44. The Hall–Kier alpha value is -2.18. The molecule has 1 saturated heterocycles. The van der Waals surface area contributed by atoms with Crippen molar-refractivity contribution in [1.82, 2.24) is 9.21 Å². The quantitative estimate of drug-likeness (QED) is 0.835. The second kappa shape index (κ2) is 6.85. The number of hydrogen-bond acceptors (Lipinski definition) is 3. The van der Waals surface area contributed by atoms with Gasteiger partial charge in [-0.1, -0.05) is 24.3 Å². The molecule has 2 aromatic carbocycles. The molecule has 4 rings (SSSR count). The Balaban J connectivity index is 1.51. The molecule has 0 aromatic heterocycles. The number of carbonyl (C=O) groups excluding carboxylic acids is 1. The van der Waals surface area contributed by atoms with Crippen molar-refractivity contribution in [2.24, 2.45) is 0 Å². The van der Waals surface area contributed by atoms with E-state index in [0.717, 1.165) is 19.3 Å². The lowest BCUT2D eigenvalue weighted by molar-refractivity contribution is 0.0734. The summed E-state index contributed by atoms with van der Waals surface area (Å²) in [6.07, 6.45) is 2.67. The van der Waals surface area contributed by atoms with E-state index >= 15 is 0 Å². The summed E-state index contributed by atoms with van der Waals surface area (Å²) in [6.45, 7) is 2.44. The Labute approximate surface area is 154 Å². The fourth-order valence-electron chi connectivity index (χ4n) is 3.70. The van der Waals surface area contributed by atoms with E-state index in [1.165, 1.54) is 15.4 Å². The van der Waals surface area contributed by atoms with Crippen LogP contribution in [-0.4, -0.2) is 43.2 Å². The van der Waals surface area contributed by atoms with Gasteiger partial charge in [0.25, 0.3) is 5.91 Å². The van der Waals surface area contributed by atoms with Crippen molar-refractivity contribution in [2.45, 2.75) is 30.7 Å². The molecule has 2 aliphatic heterocycles. The summed E-state index contributed by atoms with van der Waals surface area (Å²) in [6, 6.07) is 14.5. The Morgan fingerprint density at radius 2 is 1.50 bits per heavy atom. The number of nitrogens with zero attached hydrogens (tertiary/aromatic N) is 2. The zero-order valence-corrected chi connectivity index (χ0v) is 15.4. The van der Waals surface area contributed by atoms with E-state index in [1.54, 1.807) is 24.3 Å². The normalized spacial score (nSPS) is 17.9. The van der Waals surface area contributed by atoms with Gasteiger partial charge in [-0.2, -0.15) is 4.31 Å². The van der Waals surface area contributed by atoms with Gasteiger partial charge in [0.15, 0.2) is 0 Å². The SMILES string of the molecule is O=C(c1ccc(S(=O)(=O)N2CCCC2)cc1)N1CCc2ccccc2C1. The predicted octanol–water partition coefficient (Wildman–Crippen LogP) is 2.67. The van der Waals surface area contributed by atoms with Gasteiger partial charge in [-0.15, -0.1) is 0 Å². The molecule has 0 aliphatic carbocycles. The van der Waals surface area contributed by atoms with Crippen molar-refractivity contribution in [3.05, 3.63) is 65.2 Å². The van der Waals surface area contributed by atoms with Crippen LogP contribution in [0.15, 0.2) is 53.4 Å². The molecule has 0 N–H and O–H groups in total. The second-order valence-corrected chi connectivity index (χ2v) is 8.82. The van der Waals surface area contributed by atoms with Crippen LogP contribution in [0.5, 0.6) is 0 Å². The molecule has 1 amide bonds. The Kier molecular flexibility index (Phi) is 4.54. The minimum Gasteiger partial charge on any atom is -0.334 e. The molecule has 0 radical (unpaired) electrons. The molecule has 136 valence electrons. The number of benzene rings is 2. The van der Waals surface area contributed by atoms with Crippen molar-refractivity contribution in [1.29, 1.82) is 0 Å². The Morgan fingerprint density at radius 1 is 0.846 bits per heavy atom. The van der Waals surface area contributed by atoms with E-state index < -0.39 is 10.0 Å². The highest BCUT2D eigenvalue weighted by Crippen LogP contribution is 2.23. The monoisotopic (exact) mass is 370 g/mol. The molecule has 1 fully saturated rings. The van der Waals surface area contributed by atoms with Gasteiger partial charge in [-0.25, -0.2) is 8.42 Å². The lowest BCUT2D eigenvalue weighted by Crippen LogP contribution is -2.36. The van der Waals surface area contributed by atoms with E-state index in [9.17, 15) is 13.2 Å². The molecule has 6 heteroatoms. The maximum Gasteiger partial charge on any atom is 0.254 e. The van der Waals surface area contributed by atoms with E-state index in [2.05, 4.69) is 12.1 Å². The van der Waals surface area contributed by atoms with E-state index in [-0.39, 0.29) is 10.8 Å². The summed E-state index contributed by atoms with van der Waals surface area (Å²) in [5.41, 5.74) is 3.01. The molecule has 2 aromatic rings. The van der Waals surface area contributed by atoms with Gasteiger partial charge < -0.3 is 4.90 Å². The van der Waals surface area contributed by atoms with E-state index in [0.29, 0.717) is 31.7 Å². The molecule has 2 aliphatic rings. The maximum absolute atomic E-state index is 12.8. The molecule has 5 nitrogen and oxygen atoms in total. The Bertz CT molecular complexity index is 916. The second-order valence-electron chi connectivity index (χ2n) is 6.88. The van der Waals surface area contributed by atoms with Gasteiger partial charge in [0.2, 0.25) is 10.0 Å². The summed E-state index contributed by atoms with van der Waals surface area (Å²) >= 11 is 0. The lowest BCUT2D eigenvalue weighted by Gasteiger charge is -2.29. The van der Waals surface area contributed by atoms with Crippen molar-refractivity contribution in [2.75, 3.05) is 19.6 Å². The maximum atomic E-state index is 12.8. The smallest absolute Gasteiger partial charge is 0.254 e. The largest absolute Gasteiger partial charge is 0.334 e. The van der Waals surface area contributed by atoms with Gasteiger partial charge in [0.1, 0.15) is 0 Å². The first-order valence-electron chi connectivity index (χ1n) is 9.02. The third-order valence-electron chi connectivity index (χ3n) is 5.22. The van der Waals surface area contributed by atoms with E-state index in [4.69, 9.17) is 0 Å². The number of hydrogen-bond donors (Lipinski definition) is 0. The first-order chi connectivity index (χ1) is 12.6. The molecule has 2 heterocycles. The van der Waals surface area contributed by atoms with Crippen LogP contribution in [0.3, 0.4) is 0 Å². The van der Waals surface area contributed by atoms with E-state index in [1.807, 2.05) is 17.0 Å². The summed E-state index contributed by atoms with van der Waals surface area (Å²) in [7, 11) is -3.44. The third kappa shape index (κ3) is 3.15. The first-order valence-corrected chi connectivity index (χ1v) is 10.5. The summed E-state index contributed by atoms with van der Waals surface area (Å²) in [5.74, 6) is -0.0513. The van der Waals surface area contributed by atoms with Crippen LogP contribution in [-0.2, 0) is 23.0 Å². The zero-order valence-electron chi connectivity index (χ0n) is 14.6. The zero-order chi connectivity index (χ0) is 18.1. The minimum absolute atomic E-state index is 0.0513. The summed E-state index contributed by atoms with van der Waals surface area (Å²) < 4.78 is 26.7. The molecular weight excluding hydrogens is 348 g/mol. The van der Waals surface area contributed by atoms with Crippen molar-refractivity contribution >= 4 is 15.9 Å². The number of rotatable bonds is 3. The van der Waals surface area contributed by atoms with Crippen LogP contribution >= 0.6 is 0 Å². The topological polar surface area (TPSA) is 57.7 Å². The average molecular weight is 370 g/mol. The van der Waals surface area contributed by atoms with Crippen LogP contribution in [0.1, 0.15) is 34.3 Å². The fraction of sp³-hybridized carbons (Fsp3) is 0.350. The highest BCUT2D eigenvalue weighted by Gasteiger charge is 2.27. The van der Waals surface area contributed by atoms with Crippen molar-refractivity contribution in [3.8, 4) is 0 Å². The number of amides is 1. The average Bonchev–Trinajstić information content (AvgIpc) is 3.23. The molecule has 26 heavy (non-hydrogen) atoms. The number of fused-ring (bicyclic) bond motifs is 1. The van der Waals surface area contributed by atoms with Crippen LogP contribution in [0.2, 0.25) is 0 Å². The van der Waals surface area contributed by atoms with Gasteiger partial charge in [-0.3, -0.25) is 4.79 Å². The fourth-order valence-corrected chi connectivity index (χ4v) is 5.22. The summed E-state index contributed by atoms with van der Waals surface area (Å²) in [4.78, 5) is 14.9. The molecule has 0 saturated carbocycles. The van der Waals surface area contributed by atoms with Crippen molar-refractivity contribution in [3.63, 3.8) is 0 Å². The number of carbonyl (C=O) groups is 1. The van der Waals surface area contributed by atoms with Gasteiger partial charge in [-0.05, 0) is 54.7 Å². The number of sulfonamides is 1. The molecule has 0 spiro atoms. The Morgan fingerprint density at radius 3 is 2.19 bits per heavy atom. The van der Waals surface area contributed by atoms with Gasteiger partial charge in [0.05, 0.1) is 4.90 Å². The van der Waals surface area contributed by atoms with Gasteiger partial charge >= 0.3 is 0 Å². The standard InChI is InChI=1S/C20H22N2O3S/c23-20(21-14-11-16-5-1-2-6-18(16)15-21)17-7-9-19(10-8-17)26(24,25)22-12-3-4-13-22/h1-2,5-10H,3-4,11-15H2. The molecule has 0 unspecified atom stereocenters. The molecule has 0 bridgehead atoms. The lowest BCUT2D eigenvalue weighted by atomic mass is 9.99.